The minimum absolute atomic E-state index is 0.404. The summed E-state index contributed by atoms with van der Waals surface area (Å²) in [6, 6.07) is 4.07. The largest absolute Gasteiger partial charge is 0.496 e. The van der Waals surface area contributed by atoms with Gasteiger partial charge in [0.2, 0.25) is 0 Å². The first-order chi connectivity index (χ1) is 10.6. The van der Waals surface area contributed by atoms with E-state index in [1.165, 1.54) is 0 Å². The molecule has 1 aliphatic rings. The molecular weight excluding hydrogens is 278 g/mol. The van der Waals surface area contributed by atoms with Crippen LogP contribution in [0, 0.1) is 13.8 Å². The molecule has 3 rings (SSSR count). The number of hydrogen-bond acceptors (Lipinski definition) is 5. The van der Waals surface area contributed by atoms with Crippen LogP contribution in [0.3, 0.4) is 0 Å². The van der Waals surface area contributed by atoms with Crippen molar-refractivity contribution in [3.63, 3.8) is 0 Å². The van der Waals surface area contributed by atoms with Crippen molar-refractivity contribution < 1.29 is 9.26 Å². The lowest BCUT2D eigenvalue weighted by Gasteiger charge is -2.26. The molecule has 1 saturated heterocycles. The molecule has 0 radical (unpaired) electrons. The summed E-state index contributed by atoms with van der Waals surface area (Å²) in [5.74, 6) is 2.67. The van der Waals surface area contributed by atoms with Gasteiger partial charge in [0.05, 0.1) is 7.11 Å². The number of hydrogen-bond donors (Lipinski definition) is 0. The molecule has 1 aliphatic heterocycles. The molecule has 5 nitrogen and oxygen atoms in total. The summed E-state index contributed by atoms with van der Waals surface area (Å²) in [6.07, 6.45) is 2.18. The summed E-state index contributed by atoms with van der Waals surface area (Å²) in [4.78, 5) is 6.98. The molecule has 0 aliphatic carbocycles. The van der Waals surface area contributed by atoms with Gasteiger partial charge in [-0.1, -0.05) is 11.2 Å². The fourth-order valence-corrected chi connectivity index (χ4v) is 3.06. The molecular formula is C17H23N3O2. The molecule has 5 heteroatoms. The van der Waals surface area contributed by atoms with Crippen LogP contribution in [0.1, 0.15) is 35.7 Å². The summed E-state index contributed by atoms with van der Waals surface area (Å²) in [5.41, 5.74) is 3.19. The molecule has 118 valence electrons. The highest BCUT2D eigenvalue weighted by Gasteiger charge is 2.24. The van der Waals surface area contributed by atoms with Gasteiger partial charge in [-0.25, -0.2) is 0 Å². The Morgan fingerprint density at radius 1 is 1.18 bits per heavy atom. The van der Waals surface area contributed by atoms with Gasteiger partial charge in [0.15, 0.2) is 5.82 Å². The highest BCUT2D eigenvalue weighted by molar-refractivity contribution is 5.62. The molecule has 0 atom stereocenters. The topological polar surface area (TPSA) is 51.4 Å². The maximum absolute atomic E-state index is 5.52. The Morgan fingerprint density at radius 3 is 2.59 bits per heavy atom. The molecule has 0 unspecified atom stereocenters. The van der Waals surface area contributed by atoms with Gasteiger partial charge in [0.1, 0.15) is 5.75 Å². The first-order valence-corrected chi connectivity index (χ1v) is 7.76. The molecule has 0 spiro atoms. The predicted molar refractivity (Wildman–Crippen MR) is 85.2 cm³/mol. The van der Waals surface area contributed by atoms with Crippen molar-refractivity contribution in [2.24, 2.45) is 0 Å². The van der Waals surface area contributed by atoms with E-state index in [9.17, 15) is 0 Å². The van der Waals surface area contributed by atoms with Crippen molar-refractivity contribution in [3.8, 4) is 17.2 Å². The Labute approximate surface area is 131 Å². The zero-order valence-electron chi connectivity index (χ0n) is 13.7. The maximum Gasteiger partial charge on any atom is 0.258 e. The molecule has 0 amide bonds. The van der Waals surface area contributed by atoms with E-state index in [1.807, 2.05) is 13.0 Å². The van der Waals surface area contributed by atoms with Crippen LogP contribution >= 0.6 is 0 Å². The average Bonchev–Trinajstić information content (AvgIpc) is 2.98. The third-order valence-electron chi connectivity index (χ3n) is 4.50. The number of aromatic nitrogens is 2. The van der Waals surface area contributed by atoms with Gasteiger partial charge in [-0.2, -0.15) is 4.98 Å². The van der Waals surface area contributed by atoms with Gasteiger partial charge >= 0.3 is 0 Å². The molecule has 1 aromatic heterocycles. The number of benzene rings is 1. The van der Waals surface area contributed by atoms with Crippen LogP contribution in [0.15, 0.2) is 16.7 Å². The van der Waals surface area contributed by atoms with Crippen LogP contribution in [-0.2, 0) is 0 Å². The van der Waals surface area contributed by atoms with Gasteiger partial charge in [-0.15, -0.1) is 0 Å². The zero-order valence-corrected chi connectivity index (χ0v) is 13.7. The van der Waals surface area contributed by atoms with Gasteiger partial charge in [0.25, 0.3) is 5.89 Å². The molecule has 2 heterocycles. The average molecular weight is 301 g/mol. The first-order valence-electron chi connectivity index (χ1n) is 7.76. The van der Waals surface area contributed by atoms with Gasteiger partial charge in [-0.3, -0.25) is 0 Å². The summed E-state index contributed by atoms with van der Waals surface area (Å²) < 4.78 is 10.9. The monoisotopic (exact) mass is 301 g/mol. The van der Waals surface area contributed by atoms with Crippen molar-refractivity contribution in [2.75, 3.05) is 27.2 Å². The van der Waals surface area contributed by atoms with Crippen LogP contribution in [0.2, 0.25) is 0 Å². The summed E-state index contributed by atoms with van der Waals surface area (Å²) in [6.45, 7) is 6.27. The fourth-order valence-electron chi connectivity index (χ4n) is 3.06. The molecule has 2 aromatic rings. The minimum Gasteiger partial charge on any atom is -0.496 e. The quantitative estimate of drug-likeness (QED) is 0.871. The predicted octanol–water partition coefficient (Wildman–Crippen LogP) is 3.17. The molecule has 0 bridgehead atoms. The third kappa shape index (κ3) is 2.86. The summed E-state index contributed by atoms with van der Waals surface area (Å²) in [7, 11) is 3.83. The van der Waals surface area contributed by atoms with Crippen LogP contribution in [0.5, 0.6) is 5.75 Å². The lowest BCUT2D eigenvalue weighted by Crippen LogP contribution is -2.29. The van der Waals surface area contributed by atoms with E-state index >= 15 is 0 Å². The molecule has 1 aromatic carbocycles. The number of methoxy groups -OCH3 is 1. The number of nitrogens with zero attached hydrogens (tertiary/aromatic N) is 3. The SMILES string of the molecule is COc1cc(-c2nc(C3CCN(C)CC3)no2)c(C)cc1C. The van der Waals surface area contributed by atoms with Crippen LogP contribution in [0.4, 0.5) is 0 Å². The first kappa shape index (κ1) is 15.0. The number of rotatable bonds is 3. The normalized spacial score (nSPS) is 16.9. The van der Waals surface area contributed by atoms with Crippen LogP contribution in [0.25, 0.3) is 11.5 Å². The van der Waals surface area contributed by atoms with E-state index in [2.05, 4.69) is 35.1 Å². The highest BCUT2D eigenvalue weighted by atomic mass is 16.5. The van der Waals surface area contributed by atoms with Crippen LogP contribution in [-0.4, -0.2) is 42.3 Å². The summed E-state index contributed by atoms with van der Waals surface area (Å²) in [5, 5.41) is 4.21. The minimum atomic E-state index is 0.404. The fraction of sp³-hybridized carbons (Fsp3) is 0.529. The van der Waals surface area contributed by atoms with E-state index in [-0.39, 0.29) is 0 Å². The van der Waals surface area contributed by atoms with Crippen LogP contribution < -0.4 is 4.74 Å². The Bertz CT molecular complexity index is 658. The third-order valence-corrected chi connectivity index (χ3v) is 4.50. The molecule has 0 saturated carbocycles. The van der Waals surface area contributed by atoms with Crippen molar-refractivity contribution in [1.29, 1.82) is 0 Å². The number of piperidine rings is 1. The Balaban J connectivity index is 1.87. The van der Waals surface area contributed by atoms with E-state index in [4.69, 9.17) is 9.26 Å². The van der Waals surface area contributed by atoms with Crippen molar-refractivity contribution >= 4 is 0 Å². The Kier molecular flexibility index (Phi) is 4.16. The zero-order chi connectivity index (χ0) is 15.7. The van der Waals surface area contributed by atoms with E-state index in [1.54, 1.807) is 7.11 Å². The second-order valence-corrected chi connectivity index (χ2v) is 6.17. The summed E-state index contributed by atoms with van der Waals surface area (Å²) >= 11 is 0. The van der Waals surface area contributed by atoms with E-state index in [0.717, 1.165) is 54.2 Å². The van der Waals surface area contributed by atoms with Crippen molar-refractivity contribution in [3.05, 3.63) is 29.1 Å². The lowest BCUT2D eigenvalue weighted by molar-refractivity contribution is 0.248. The van der Waals surface area contributed by atoms with E-state index < -0.39 is 0 Å². The number of aryl methyl sites for hydroxylation is 2. The Hall–Kier alpha value is -1.88. The number of likely N-dealkylation sites (tertiary alicyclic amines) is 1. The molecule has 22 heavy (non-hydrogen) atoms. The second-order valence-electron chi connectivity index (χ2n) is 6.17. The maximum atomic E-state index is 5.52. The smallest absolute Gasteiger partial charge is 0.258 e. The molecule has 1 fully saturated rings. The van der Waals surface area contributed by atoms with Gasteiger partial charge in [-0.05, 0) is 64.0 Å². The highest BCUT2D eigenvalue weighted by Crippen LogP contribution is 2.32. The Morgan fingerprint density at radius 2 is 1.91 bits per heavy atom. The lowest BCUT2D eigenvalue weighted by atomic mass is 9.96. The van der Waals surface area contributed by atoms with Gasteiger partial charge < -0.3 is 14.2 Å². The number of ether oxygens (including phenoxy) is 1. The van der Waals surface area contributed by atoms with Crippen molar-refractivity contribution in [2.45, 2.75) is 32.6 Å². The van der Waals surface area contributed by atoms with Crippen molar-refractivity contribution in [1.82, 2.24) is 15.0 Å². The molecule has 0 N–H and O–H groups in total. The van der Waals surface area contributed by atoms with Gasteiger partial charge in [0, 0.05) is 11.5 Å². The second kappa shape index (κ2) is 6.08. The standard InChI is InChI=1S/C17H23N3O2/c1-11-9-12(2)15(21-4)10-14(11)17-18-16(19-22-17)13-5-7-20(3)8-6-13/h9-10,13H,5-8H2,1-4H3. The van der Waals surface area contributed by atoms with E-state index in [0.29, 0.717) is 11.8 Å².